The first-order valence-corrected chi connectivity index (χ1v) is 9.11. The molecule has 27 heavy (non-hydrogen) atoms. The van der Waals surface area contributed by atoms with Crippen molar-refractivity contribution in [3.05, 3.63) is 70.8 Å². The van der Waals surface area contributed by atoms with Crippen molar-refractivity contribution in [1.82, 2.24) is 10.3 Å². The lowest BCUT2D eigenvalue weighted by molar-refractivity contribution is -0.111. The highest BCUT2D eigenvalue weighted by Gasteiger charge is 2.17. The monoisotopic (exact) mass is 361 g/mol. The molecule has 5 heteroatoms. The lowest BCUT2D eigenvalue weighted by atomic mass is 9.98. The Morgan fingerprint density at radius 3 is 2.56 bits per heavy atom. The quantitative estimate of drug-likeness (QED) is 0.639. The highest BCUT2D eigenvalue weighted by Crippen LogP contribution is 2.29. The molecule has 0 aliphatic carbocycles. The number of anilines is 1. The van der Waals surface area contributed by atoms with E-state index in [9.17, 15) is 4.79 Å². The van der Waals surface area contributed by atoms with E-state index in [1.807, 2.05) is 31.2 Å². The van der Waals surface area contributed by atoms with Gasteiger partial charge in [0.15, 0.2) is 5.69 Å². The van der Waals surface area contributed by atoms with Crippen molar-refractivity contribution in [2.24, 2.45) is 0 Å². The van der Waals surface area contributed by atoms with E-state index >= 15 is 0 Å². The Labute approximate surface area is 159 Å². The van der Waals surface area contributed by atoms with Crippen LogP contribution in [0.1, 0.15) is 36.1 Å². The molecule has 0 spiro atoms. The molecule has 0 atom stereocenters. The van der Waals surface area contributed by atoms with E-state index in [1.165, 1.54) is 17.2 Å². The van der Waals surface area contributed by atoms with Gasteiger partial charge in [-0.05, 0) is 58.9 Å². The van der Waals surface area contributed by atoms with Crippen molar-refractivity contribution in [1.29, 1.82) is 0 Å². The number of nitrogens with zero attached hydrogens (tertiary/aromatic N) is 2. The zero-order valence-corrected chi connectivity index (χ0v) is 15.8. The van der Waals surface area contributed by atoms with Gasteiger partial charge in [0.25, 0.3) is 0 Å². The molecule has 0 saturated heterocycles. The molecular weight excluding hydrogens is 338 g/mol. The van der Waals surface area contributed by atoms with E-state index in [-0.39, 0.29) is 5.91 Å². The third-order valence-corrected chi connectivity index (χ3v) is 4.45. The van der Waals surface area contributed by atoms with E-state index in [1.54, 1.807) is 6.08 Å². The van der Waals surface area contributed by atoms with Gasteiger partial charge in [-0.25, -0.2) is 4.63 Å². The van der Waals surface area contributed by atoms with Gasteiger partial charge in [-0.15, -0.1) is 0 Å². The van der Waals surface area contributed by atoms with Crippen LogP contribution in [-0.2, 0) is 17.6 Å². The fourth-order valence-corrected chi connectivity index (χ4v) is 2.83. The smallest absolute Gasteiger partial charge is 0.249 e. The van der Waals surface area contributed by atoms with E-state index < -0.39 is 0 Å². The first kappa shape index (κ1) is 18.6. The zero-order chi connectivity index (χ0) is 19.2. The largest absolute Gasteiger partial charge is 0.302 e. The van der Waals surface area contributed by atoms with Gasteiger partial charge in [-0.2, -0.15) is 0 Å². The summed E-state index contributed by atoms with van der Waals surface area (Å²) in [5.74, 6) is 0.0497. The number of hydrogen-bond donors (Lipinski definition) is 1. The number of carbonyl (C=O) groups is 1. The average Bonchev–Trinajstić information content (AvgIpc) is 3.14. The van der Waals surface area contributed by atoms with Crippen molar-refractivity contribution >= 4 is 17.8 Å². The van der Waals surface area contributed by atoms with Crippen LogP contribution in [0.4, 0.5) is 5.82 Å². The number of amides is 1. The lowest BCUT2D eigenvalue weighted by Crippen LogP contribution is -2.09. The van der Waals surface area contributed by atoms with Crippen molar-refractivity contribution in [3.8, 4) is 11.3 Å². The topological polar surface area (TPSA) is 68.0 Å². The minimum Gasteiger partial charge on any atom is -0.302 e. The normalized spacial score (nSPS) is 11.1. The van der Waals surface area contributed by atoms with Crippen LogP contribution in [0.3, 0.4) is 0 Å². The van der Waals surface area contributed by atoms with E-state index in [2.05, 4.69) is 47.7 Å². The Morgan fingerprint density at radius 2 is 1.85 bits per heavy atom. The third kappa shape index (κ3) is 4.50. The van der Waals surface area contributed by atoms with E-state index in [0.29, 0.717) is 11.5 Å². The molecule has 0 aliphatic rings. The first-order chi connectivity index (χ1) is 13.1. The summed E-state index contributed by atoms with van der Waals surface area (Å²) in [6, 6.07) is 14.2. The highest BCUT2D eigenvalue weighted by molar-refractivity contribution is 6.03. The Kier molecular flexibility index (Phi) is 5.81. The van der Waals surface area contributed by atoms with Crippen LogP contribution in [0.5, 0.6) is 0 Å². The number of nitrogens with one attached hydrogen (secondary N) is 1. The molecule has 1 amide bonds. The molecule has 3 rings (SSSR count). The third-order valence-electron chi connectivity index (χ3n) is 4.45. The summed E-state index contributed by atoms with van der Waals surface area (Å²) in [5.41, 5.74) is 5.96. The molecular formula is C22H23N3O2. The second kappa shape index (κ2) is 8.45. The molecule has 1 aromatic heterocycles. The number of aromatic nitrogens is 2. The zero-order valence-electron chi connectivity index (χ0n) is 15.8. The van der Waals surface area contributed by atoms with Crippen molar-refractivity contribution in [3.63, 3.8) is 0 Å². The van der Waals surface area contributed by atoms with Gasteiger partial charge in [0.1, 0.15) is 0 Å². The lowest BCUT2D eigenvalue weighted by Gasteiger charge is -2.08. The van der Waals surface area contributed by atoms with Gasteiger partial charge in [-0.3, -0.25) is 4.79 Å². The molecule has 0 aliphatic heterocycles. The van der Waals surface area contributed by atoms with Crippen molar-refractivity contribution < 1.29 is 9.42 Å². The maximum Gasteiger partial charge on any atom is 0.249 e. The molecule has 138 valence electrons. The van der Waals surface area contributed by atoms with Crippen molar-refractivity contribution in [2.75, 3.05) is 5.32 Å². The summed E-state index contributed by atoms with van der Waals surface area (Å²) in [7, 11) is 0. The summed E-state index contributed by atoms with van der Waals surface area (Å²) in [5, 5.41) is 10.7. The molecule has 1 N–H and O–H groups in total. The minimum atomic E-state index is -0.280. The van der Waals surface area contributed by atoms with Gasteiger partial charge in [-0.1, -0.05) is 55.8 Å². The van der Waals surface area contributed by atoms with E-state index in [4.69, 9.17) is 4.63 Å². The van der Waals surface area contributed by atoms with Crippen LogP contribution >= 0.6 is 0 Å². The second-order valence-electron chi connectivity index (χ2n) is 6.39. The number of rotatable bonds is 6. The molecule has 2 aromatic carbocycles. The molecule has 0 saturated carbocycles. The summed E-state index contributed by atoms with van der Waals surface area (Å²) in [6.45, 7) is 6.21. The molecule has 3 aromatic rings. The van der Waals surface area contributed by atoms with E-state index in [0.717, 1.165) is 29.5 Å². The second-order valence-corrected chi connectivity index (χ2v) is 6.39. The van der Waals surface area contributed by atoms with Gasteiger partial charge in [0, 0.05) is 11.6 Å². The molecule has 0 fully saturated rings. The summed E-state index contributed by atoms with van der Waals surface area (Å²) in [4.78, 5) is 12.3. The molecule has 0 bridgehead atoms. The van der Waals surface area contributed by atoms with Gasteiger partial charge in [0.05, 0.1) is 0 Å². The minimum absolute atomic E-state index is 0.280. The first-order valence-electron chi connectivity index (χ1n) is 9.11. The maximum atomic E-state index is 12.3. The fraction of sp³-hybridized carbons (Fsp3) is 0.227. The maximum absolute atomic E-state index is 12.3. The Morgan fingerprint density at radius 1 is 1.07 bits per heavy atom. The molecule has 1 heterocycles. The summed E-state index contributed by atoms with van der Waals surface area (Å²) >= 11 is 0. The van der Waals surface area contributed by atoms with Crippen LogP contribution < -0.4 is 5.32 Å². The van der Waals surface area contributed by atoms with Gasteiger partial charge in [0.2, 0.25) is 11.7 Å². The van der Waals surface area contributed by atoms with Gasteiger partial charge >= 0.3 is 0 Å². The number of benzene rings is 2. The Bertz CT molecular complexity index is 956. The van der Waals surface area contributed by atoms with Crippen LogP contribution in [0.2, 0.25) is 0 Å². The molecule has 0 unspecified atom stereocenters. The molecule has 5 nitrogen and oxygen atoms in total. The van der Waals surface area contributed by atoms with Crippen LogP contribution in [0, 0.1) is 6.92 Å². The predicted molar refractivity (Wildman–Crippen MR) is 107 cm³/mol. The van der Waals surface area contributed by atoms with Crippen LogP contribution in [-0.4, -0.2) is 16.2 Å². The fourth-order valence-electron chi connectivity index (χ4n) is 2.83. The number of hydrogen-bond acceptors (Lipinski definition) is 4. The number of carbonyl (C=O) groups excluding carboxylic acids is 1. The Balaban J connectivity index is 1.81. The van der Waals surface area contributed by atoms with Crippen molar-refractivity contribution in [2.45, 2.75) is 33.6 Å². The highest BCUT2D eigenvalue weighted by atomic mass is 16.6. The van der Waals surface area contributed by atoms with Gasteiger partial charge < -0.3 is 5.32 Å². The summed E-state index contributed by atoms with van der Waals surface area (Å²) < 4.78 is 4.91. The number of aryl methyl sites for hydroxylation is 3. The average molecular weight is 361 g/mol. The Hall–Kier alpha value is -3.21. The SMILES string of the molecule is CCc1ccc(CC)c(-c2nonc2NC(=O)/C=C/c2ccc(C)cc2)c1. The van der Waals surface area contributed by atoms with Crippen LogP contribution in [0.15, 0.2) is 53.2 Å². The van der Waals surface area contributed by atoms with Crippen LogP contribution in [0.25, 0.3) is 17.3 Å². The molecule has 0 radical (unpaired) electrons. The predicted octanol–water partition coefficient (Wildman–Crippen LogP) is 4.82. The standard InChI is InChI=1S/C22H23N3O2/c1-4-16-10-12-18(5-2)19(14-16)21-22(25-27-24-21)23-20(26)13-11-17-8-6-15(3)7-9-17/h6-14H,4-5H2,1-3H3,(H,23,25,26)/b13-11+. The summed E-state index contributed by atoms with van der Waals surface area (Å²) in [6.07, 6.45) is 5.01.